The van der Waals surface area contributed by atoms with E-state index in [2.05, 4.69) is 42.1 Å². The molecule has 0 radical (unpaired) electrons. The van der Waals surface area contributed by atoms with Gasteiger partial charge in [0.2, 0.25) is 10.7 Å². The molecule has 1 saturated heterocycles. The van der Waals surface area contributed by atoms with Crippen molar-refractivity contribution in [3.63, 3.8) is 0 Å². The summed E-state index contributed by atoms with van der Waals surface area (Å²) < 4.78 is 42.5. The lowest BCUT2D eigenvalue weighted by Crippen LogP contribution is -2.45. The number of aromatic nitrogens is 2. The number of benzene rings is 2. The molecule has 13 nitrogen and oxygen atoms in total. The third-order valence-electron chi connectivity index (χ3n) is 10.4. The third-order valence-corrected chi connectivity index (χ3v) is 11.7. The minimum Gasteiger partial charge on any atom is -0.481 e. The highest BCUT2D eigenvalue weighted by atomic mass is 35.5. The number of terminal acetylenes is 1. The van der Waals surface area contributed by atoms with Crippen molar-refractivity contribution in [3.05, 3.63) is 82.1 Å². The van der Waals surface area contributed by atoms with Crippen molar-refractivity contribution in [3.8, 4) is 18.1 Å². The van der Waals surface area contributed by atoms with E-state index in [0.29, 0.717) is 35.2 Å². The summed E-state index contributed by atoms with van der Waals surface area (Å²) in [5, 5.41) is 0. The van der Waals surface area contributed by atoms with Gasteiger partial charge in [-0.1, -0.05) is 68.1 Å². The topological polar surface area (TPSA) is 132 Å². The second kappa shape index (κ2) is 20.8. The summed E-state index contributed by atoms with van der Waals surface area (Å²) >= 11 is 18.2. The molecule has 334 valence electrons. The Hall–Kier alpha value is -4.43. The fraction of sp³-hybridized carbons (Fsp3) is 0.477. The lowest BCUT2D eigenvalue weighted by atomic mass is 9.92. The molecule has 0 N–H and O–H groups in total. The number of ether oxygens (including phenoxy) is 3. The summed E-state index contributed by atoms with van der Waals surface area (Å²) in [6.45, 7) is 15.6. The minimum atomic E-state index is -1.08. The molecule has 3 aliphatic rings. The van der Waals surface area contributed by atoms with Crippen LogP contribution in [0.15, 0.2) is 58.1 Å². The number of fused-ring (bicyclic) bond motifs is 2. The van der Waals surface area contributed by atoms with Crippen LogP contribution in [0.25, 0.3) is 0 Å². The maximum absolute atomic E-state index is 14.5. The number of rotatable bonds is 10. The van der Waals surface area contributed by atoms with E-state index in [4.69, 9.17) is 59.9 Å². The van der Waals surface area contributed by atoms with E-state index in [1.807, 2.05) is 36.6 Å². The number of carbonyl (C=O) groups excluding carboxylic acids is 3. The molecule has 0 bridgehead atoms. The number of carbonyl (C=O) groups is 3. The highest BCUT2D eigenvalue weighted by molar-refractivity contribution is 7.02. The Morgan fingerprint density at radius 2 is 1.94 bits per heavy atom. The zero-order chi connectivity index (χ0) is 45.5. The molecule has 2 atom stereocenters. The van der Waals surface area contributed by atoms with Crippen LogP contribution in [0, 0.1) is 30.5 Å². The quantitative estimate of drug-likeness (QED) is 0.115. The van der Waals surface area contributed by atoms with E-state index < -0.39 is 16.4 Å². The minimum absolute atomic E-state index is 0.0223. The molecule has 0 saturated carbocycles. The Labute approximate surface area is 380 Å². The number of aryl methyl sites for hydroxylation is 2. The van der Waals surface area contributed by atoms with E-state index in [0.717, 1.165) is 42.0 Å². The molecule has 18 heteroatoms. The number of hydrogen-bond acceptors (Lipinski definition) is 10. The predicted molar refractivity (Wildman–Crippen MR) is 240 cm³/mol. The molecule has 7 rings (SSSR count). The van der Waals surface area contributed by atoms with Gasteiger partial charge in [0.15, 0.2) is 17.3 Å². The van der Waals surface area contributed by atoms with Crippen molar-refractivity contribution >= 4 is 81.1 Å². The number of alkyl halides is 3. The van der Waals surface area contributed by atoms with Crippen LogP contribution in [0.1, 0.15) is 70.4 Å². The largest absolute Gasteiger partial charge is 0.481 e. The number of nitrogens with zero attached hydrogens (tertiary/aromatic N) is 6. The standard InChI is InChI=1S/C18H17FN4O2S.C15H22ClNO2.C11H13Cl2NO3/c1-4-5-22-13-7-12(11(19)6-14(13)25-9-16(22)24)20-17-23-10-18(2,3)8-15(23)21-26-17;1-5-13-8-6-7-11(2)15(13)17(14(18)9-16)12(3)10-19-4;1-11(2)14(10(15)9(12)13)6-8(17-11)7-4-3-5-16-7/h1,6-7H,5,8-10H2,2-3H3;6-8,12H,5,9-10H2,1-4H3;3-5,8-9H,6H2,1-2H3. The summed E-state index contributed by atoms with van der Waals surface area (Å²) in [5.41, 5.74) is 3.15. The normalized spacial score (nSPS) is 17.8. The van der Waals surface area contributed by atoms with E-state index in [-0.39, 0.29) is 60.0 Å². The molecule has 2 aromatic carbocycles. The molecule has 62 heavy (non-hydrogen) atoms. The SMILES string of the molecule is C#CCN1C(=O)COc2cc(F)c(N=c3snc4n3CC(C)(C)C4)cc21.CC1(C)OC(c2ccco2)CN1C(=O)C(Cl)Cl.CCc1cccc(C)c1N(C(=O)CCl)C(C)COC. The first kappa shape index (κ1) is 48.6. The molecule has 0 aliphatic carbocycles. The van der Waals surface area contributed by atoms with Crippen LogP contribution in [0.4, 0.5) is 21.5 Å². The second-order valence-corrected chi connectivity index (χ2v) is 18.2. The number of anilines is 2. The fourth-order valence-corrected chi connectivity index (χ4v) is 8.62. The van der Waals surface area contributed by atoms with Crippen molar-refractivity contribution < 1.29 is 37.4 Å². The molecule has 5 heterocycles. The van der Waals surface area contributed by atoms with E-state index in [1.54, 1.807) is 38.2 Å². The van der Waals surface area contributed by atoms with Gasteiger partial charge in [-0.3, -0.25) is 19.3 Å². The third kappa shape index (κ3) is 11.2. The lowest BCUT2D eigenvalue weighted by Gasteiger charge is -2.31. The Balaban J connectivity index is 0.000000181. The Morgan fingerprint density at radius 1 is 1.19 bits per heavy atom. The Bertz CT molecular complexity index is 2340. The molecule has 1 fully saturated rings. The summed E-state index contributed by atoms with van der Waals surface area (Å²) in [6, 6.07) is 12.4. The second-order valence-electron chi connectivity index (χ2n) is 16.1. The average Bonchev–Trinajstić information content (AvgIpc) is 4.02. The first-order valence-electron chi connectivity index (χ1n) is 19.9. The molecule has 0 spiro atoms. The number of amides is 3. The zero-order valence-corrected chi connectivity index (χ0v) is 39.1. The number of methoxy groups -OCH3 is 1. The number of hydrogen-bond donors (Lipinski definition) is 0. The van der Waals surface area contributed by atoms with Gasteiger partial charge in [-0.2, -0.15) is 4.37 Å². The maximum Gasteiger partial charge on any atom is 0.265 e. The zero-order valence-electron chi connectivity index (χ0n) is 36.0. The van der Waals surface area contributed by atoms with Crippen molar-refractivity contribution in [2.24, 2.45) is 10.4 Å². The smallest absolute Gasteiger partial charge is 0.265 e. The Morgan fingerprint density at radius 3 is 2.56 bits per heavy atom. The Kier molecular flexibility index (Phi) is 16.3. The molecular formula is C44H52Cl3FN6O7S. The predicted octanol–water partition coefficient (Wildman–Crippen LogP) is 8.14. The fourth-order valence-electron chi connectivity index (χ4n) is 7.50. The van der Waals surface area contributed by atoms with Crippen LogP contribution in [-0.4, -0.2) is 87.5 Å². The molecule has 3 aliphatic heterocycles. The van der Waals surface area contributed by atoms with Crippen LogP contribution in [0.3, 0.4) is 0 Å². The lowest BCUT2D eigenvalue weighted by molar-refractivity contribution is -0.144. The van der Waals surface area contributed by atoms with Gasteiger partial charge in [0.05, 0.1) is 43.4 Å². The van der Waals surface area contributed by atoms with Crippen molar-refractivity contribution in [1.82, 2.24) is 13.8 Å². The van der Waals surface area contributed by atoms with Crippen LogP contribution in [0.2, 0.25) is 0 Å². The number of halogens is 4. The van der Waals surface area contributed by atoms with Gasteiger partial charge >= 0.3 is 0 Å². The molecule has 4 aromatic rings. The average molecular weight is 934 g/mol. The number of para-hydroxylation sites is 1. The van der Waals surface area contributed by atoms with Crippen molar-refractivity contribution in [1.29, 1.82) is 0 Å². The molecular weight excluding hydrogens is 882 g/mol. The van der Waals surface area contributed by atoms with Crippen LogP contribution < -0.4 is 19.3 Å². The summed E-state index contributed by atoms with van der Waals surface area (Å²) in [4.78, 5) is 44.8. The molecule has 3 amide bonds. The van der Waals surface area contributed by atoms with Gasteiger partial charge in [-0.15, -0.1) is 18.0 Å². The van der Waals surface area contributed by atoms with Gasteiger partial charge in [0, 0.05) is 37.7 Å². The van der Waals surface area contributed by atoms with Crippen LogP contribution in [-0.2, 0) is 43.2 Å². The van der Waals surface area contributed by atoms with Crippen molar-refractivity contribution in [2.75, 3.05) is 49.1 Å². The summed E-state index contributed by atoms with van der Waals surface area (Å²) in [6.07, 6.45) is 8.38. The summed E-state index contributed by atoms with van der Waals surface area (Å²) in [7, 11) is 1.64. The van der Waals surface area contributed by atoms with E-state index >= 15 is 0 Å². The van der Waals surface area contributed by atoms with Crippen LogP contribution in [0.5, 0.6) is 5.75 Å². The monoisotopic (exact) mass is 932 g/mol. The van der Waals surface area contributed by atoms with Crippen LogP contribution >= 0.6 is 46.3 Å². The summed E-state index contributed by atoms with van der Waals surface area (Å²) in [5.74, 6) is 3.15. The first-order valence-corrected chi connectivity index (χ1v) is 22.1. The van der Waals surface area contributed by atoms with Gasteiger partial charge < -0.3 is 33.0 Å². The highest BCUT2D eigenvalue weighted by Crippen LogP contribution is 2.39. The molecule has 2 aromatic heterocycles. The highest BCUT2D eigenvalue weighted by Gasteiger charge is 2.45. The van der Waals surface area contributed by atoms with Gasteiger partial charge in [0.1, 0.15) is 40.7 Å². The first-order chi connectivity index (χ1) is 29.4. The molecule has 2 unspecified atom stereocenters. The van der Waals surface area contributed by atoms with Gasteiger partial charge in [-0.05, 0) is 68.9 Å². The van der Waals surface area contributed by atoms with Crippen molar-refractivity contribution in [2.45, 2.75) is 90.6 Å². The van der Waals surface area contributed by atoms with E-state index in [9.17, 15) is 18.8 Å². The number of furan rings is 1. The van der Waals surface area contributed by atoms with E-state index in [1.165, 1.54) is 33.5 Å². The van der Waals surface area contributed by atoms with Gasteiger partial charge in [0.25, 0.3) is 11.8 Å². The maximum atomic E-state index is 14.5. The van der Waals surface area contributed by atoms with Gasteiger partial charge in [-0.25, -0.2) is 9.38 Å².